The van der Waals surface area contributed by atoms with E-state index in [2.05, 4.69) is 93.8 Å². The maximum Gasteiger partial charge on any atom is 0.245 e. The van der Waals surface area contributed by atoms with Gasteiger partial charge in [0.1, 0.15) is 23.5 Å². The number of anilines is 1. The molecule has 3 heterocycles. The van der Waals surface area contributed by atoms with Crippen LogP contribution in [-0.4, -0.2) is 23.0 Å². The first-order chi connectivity index (χ1) is 13.9. The Hall–Kier alpha value is -2.09. The van der Waals surface area contributed by atoms with Crippen LogP contribution in [0.2, 0.25) is 0 Å². The average Bonchev–Trinajstić information content (AvgIpc) is 3.05. The van der Waals surface area contributed by atoms with Gasteiger partial charge in [-0.25, -0.2) is 9.48 Å². The van der Waals surface area contributed by atoms with Crippen LogP contribution < -0.4 is 4.90 Å². The molecule has 3 aliphatic heterocycles. The summed E-state index contributed by atoms with van der Waals surface area (Å²) in [7, 11) is 0. The molecule has 5 rings (SSSR count). The third-order valence-electron chi connectivity index (χ3n) is 7.62. The molecule has 2 unspecified atom stereocenters. The molecular weight excluding hydrogens is 352 g/mol. The maximum absolute atomic E-state index is 2.66. The molecule has 2 nitrogen and oxygen atoms in total. The molecule has 2 heteroatoms. The zero-order valence-electron chi connectivity index (χ0n) is 18.8. The van der Waals surface area contributed by atoms with Crippen LogP contribution in [0.25, 0.3) is 0 Å². The first-order valence-electron chi connectivity index (χ1n) is 11.6. The highest BCUT2D eigenvalue weighted by Gasteiger charge is 2.51. The predicted octanol–water partition coefficient (Wildman–Crippen LogP) is 6.88. The van der Waals surface area contributed by atoms with Crippen molar-refractivity contribution in [2.75, 3.05) is 4.90 Å². The van der Waals surface area contributed by atoms with Crippen LogP contribution in [0, 0.1) is 0 Å². The Labute approximate surface area is 176 Å². The maximum atomic E-state index is 2.66. The molecule has 0 radical (unpaired) electrons. The lowest BCUT2D eigenvalue weighted by Gasteiger charge is -2.36. The predicted molar refractivity (Wildman–Crippen MR) is 123 cm³/mol. The molecule has 3 aliphatic rings. The molecule has 152 valence electrons. The van der Waals surface area contributed by atoms with Crippen LogP contribution in [0.1, 0.15) is 100 Å². The SMILES string of the molecule is CC(C)c1cccc2c1N1C=[N+]3c4c(C(C)C)cccc4C(C)C[C@H]3[C@@H]1CC2C. The Balaban J connectivity index is 1.72. The van der Waals surface area contributed by atoms with Crippen molar-refractivity contribution in [1.82, 2.24) is 0 Å². The number of nitrogens with zero attached hydrogens (tertiary/aromatic N) is 2. The number of hydrogen-bond donors (Lipinski definition) is 0. The second-order valence-corrected chi connectivity index (χ2v) is 10.2. The van der Waals surface area contributed by atoms with Crippen LogP contribution in [-0.2, 0) is 0 Å². The fraction of sp³-hybridized carbons (Fsp3) is 0.519. The van der Waals surface area contributed by atoms with E-state index in [1.807, 2.05) is 0 Å². The minimum Gasteiger partial charge on any atom is -0.226 e. The smallest absolute Gasteiger partial charge is 0.226 e. The van der Waals surface area contributed by atoms with E-state index in [0.717, 1.165) is 0 Å². The third-order valence-corrected chi connectivity index (χ3v) is 7.62. The summed E-state index contributed by atoms with van der Waals surface area (Å²) in [5.74, 6) is 2.32. The van der Waals surface area contributed by atoms with Gasteiger partial charge in [0.25, 0.3) is 0 Å². The normalized spacial score (nSPS) is 27.4. The number of para-hydroxylation sites is 2. The van der Waals surface area contributed by atoms with E-state index in [4.69, 9.17) is 0 Å². The van der Waals surface area contributed by atoms with Gasteiger partial charge in [-0.15, -0.1) is 0 Å². The Morgan fingerprint density at radius 1 is 0.828 bits per heavy atom. The minimum absolute atomic E-state index is 0.541. The fourth-order valence-corrected chi connectivity index (χ4v) is 6.13. The standard InChI is InChI=1S/C27H35N2/c1-16(2)20-9-7-11-22-18(5)13-24-25-14-19(6)23-12-8-10-21(17(3)4)27(23)29(25)15-28(24)26(20)22/h7-12,15-19,24-25H,13-14H2,1-6H3/q+1/t18?,19?,24-,25-/m0/s1. The molecular formula is C27H35N2+. The lowest BCUT2D eigenvalue weighted by Crippen LogP contribution is -2.44. The third kappa shape index (κ3) is 2.71. The first-order valence-corrected chi connectivity index (χ1v) is 11.6. The molecule has 0 amide bonds. The topological polar surface area (TPSA) is 6.25 Å². The van der Waals surface area contributed by atoms with Crippen molar-refractivity contribution in [3.8, 4) is 0 Å². The van der Waals surface area contributed by atoms with Crippen molar-refractivity contribution in [2.24, 2.45) is 0 Å². The van der Waals surface area contributed by atoms with E-state index in [9.17, 15) is 0 Å². The summed E-state index contributed by atoms with van der Waals surface area (Å²) in [5, 5.41) is 0. The van der Waals surface area contributed by atoms with Crippen molar-refractivity contribution in [1.29, 1.82) is 0 Å². The summed E-state index contributed by atoms with van der Waals surface area (Å²) >= 11 is 0. The lowest BCUT2D eigenvalue weighted by atomic mass is 9.77. The van der Waals surface area contributed by atoms with E-state index in [-0.39, 0.29) is 0 Å². The zero-order chi connectivity index (χ0) is 20.4. The molecule has 0 aliphatic carbocycles. The molecule has 0 bridgehead atoms. The molecule has 0 aromatic heterocycles. The van der Waals surface area contributed by atoms with Gasteiger partial charge in [0, 0.05) is 22.3 Å². The summed E-state index contributed by atoms with van der Waals surface area (Å²) in [6.45, 7) is 14.2. The Morgan fingerprint density at radius 2 is 1.45 bits per heavy atom. The number of benzene rings is 2. The number of rotatable bonds is 2. The fourth-order valence-electron chi connectivity index (χ4n) is 6.13. The van der Waals surface area contributed by atoms with Gasteiger partial charge in [-0.05, 0) is 36.5 Å². The summed E-state index contributed by atoms with van der Waals surface area (Å²) in [5.41, 5.74) is 9.07. The summed E-state index contributed by atoms with van der Waals surface area (Å²) in [6, 6.07) is 15.1. The highest BCUT2D eigenvalue weighted by molar-refractivity contribution is 5.85. The van der Waals surface area contributed by atoms with Crippen LogP contribution in [0.3, 0.4) is 0 Å². The van der Waals surface area contributed by atoms with E-state index < -0.39 is 0 Å². The first kappa shape index (κ1) is 18.9. The summed E-state index contributed by atoms with van der Waals surface area (Å²) < 4.78 is 2.66. The molecule has 29 heavy (non-hydrogen) atoms. The van der Waals surface area contributed by atoms with Crippen LogP contribution in [0.15, 0.2) is 36.4 Å². The molecule has 0 saturated carbocycles. The number of hydrogen-bond acceptors (Lipinski definition) is 1. The van der Waals surface area contributed by atoms with Gasteiger partial charge in [0.05, 0.1) is 0 Å². The van der Waals surface area contributed by atoms with Crippen LogP contribution in [0.5, 0.6) is 0 Å². The van der Waals surface area contributed by atoms with E-state index >= 15 is 0 Å². The van der Waals surface area contributed by atoms with Crippen molar-refractivity contribution in [3.63, 3.8) is 0 Å². The van der Waals surface area contributed by atoms with Crippen molar-refractivity contribution < 1.29 is 4.58 Å². The zero-order valence-corrected chi connectivity index (χ0v) is 18.8. The Morgan fingerprint density at radius 3 is 2.14 bits per heavy atom. The largest absolute Gasteiger partial charge is 0.245 e. The highest BCUT2D eigenvalue weighted by Crippen LogP contribution is 2.50. The summed E-state index contributed by atoms with van der Waals surface area (Å²) in [6.07, 6.45) is 4.97. The molecule has 0 fully saturated rings. The minimum atomic E-state index is 0.541. The number of fused-ring (bicyclic) bond motifs is 7. The van der Waals surface area contributed by atoms with Gasteiger partial charge in [0.2, 0.25) is 6.34 Å². The van der Waals surface area contributed by atoms with Crippen LogP contribution in [0.4, 0.5) is 11.4 Å². The highest BCUT2D eigenvalue weighted by atomic mass is 15.3. The monoisotopic (exact) mass is 387 g/mol. The van der Waals surface area contributed by atoms with Crippen molar-refractivity contribution in [3.05, 3.63) is 58.7 Å². The molecule has 2 aromatic carbocycles. The Bertz CT molecular complexity index is 956. The Kier molecular flexibility index (Phi) is 4.38. The van der Waals surface area contributed by atoms with E-state index in [0.29, 0.717) is 35.8 Å². The second kappa shape index (κ2) is 6.72. The molecule has 0 spiro atoms. The van der Waals surface area contributed by atoms with Gasteiger partial charge in [-0.3, -0.25) is 0 Å². The van der Waals surface area contributed by atoms with Gasteiger partial charge in [-0.1, -0.05) is 77.9 Å². The van der Waals surface area contributed by atoms with E-state index in [1.165, 1.54) is 46.5 Å². The molecule has 2 aromatic rings. The van der Waals surface area contributed by atoms with Crippen molar-refractivity contribution >= 4 is 17.7 Å². The lowest BCUT2D eigenvalue weighted by molar-refractivity contribution is -0.482. The summed E-state index contributed by atoms with van der Waals surface area (Å²) in [4.78, 5) is 2.66. The molecule has 0 saturated heterocycles. The van der Waals surface area contributed by atoms with Gasteiger partial charge < -0.3 is 0 Å². The van der Waals surface area contributed by atoms with Crippen molar-refractivity contribution in [2.45, 2.75) is 90.1 Å². The molecule has 4 atom stereocenters. The van der Waals surface area contributed by atoms with Crippen LogP contribution >= 0.6 is 0 Å². The second-order valence-electron chi connectivity index (χ2n) is 10.2. The van der Waals surface area contributed by atoms with Gasteiger partial charge in [-0.2, -0.15) is 0 Å². The van der Waals surface area contributed by atoms with E-state index in [1.54, 1.807) is 0 Å². The molecule has 0 N–H and O–H groups in total. The van der Waals surface area contributed by atoms with Gasteiger partial charge in [0.15, 0.2) is 0 Å². The average molecular weight is 388 g/mol. The van der Waals surface area contributed by atoms with Gasteiger partial charge >= 0.3 is 0 Å². The quantitative estimate of drug-likeness (QED) is 0.509.